The molecule has 0 N–H and O–H groups in total. The van der Waals surface area contributed by atoms with Crippen LogP contribution >= 0.6 is 47.3 Å². The molecule has 0 aliphatic carbocycles. The van der Waals surface area contributed by atoms with Crippen LogP contribution in [0.1, 0.15) is 19.8 Å². The molecule has 0 aromatic heterocycles. The Balaban J connectivity index is 2.68. The van der Waals surface area contributed by atoms with Crippen LogP contribution in [0.5, 0.6) is 0 Å². The fourth-order valence-corrected chi connectivity index (χ4v) is 2.88. The summed E-state index contributed by atoms with van der Waals surface area (Å²) in [6.45, 7) is 2.24. The molecule has 0 amide bonds. The van der Waals surface area contributed by atoms with Crippen molar-refractivity contribution in [3.05, 3.63) is 0 Å². The Morgan fingerprint density at radius 1 is 1.43 bits per heavy atom. The van der Waals surface area contributed by atoms with Gasteiger partial charge in [0.2, 0.25) is 0 Å². The van der Waals surface area contributed by atoms with Gasteiger partial charge in [-0.05, 0) is 56.7 Å². The van der Waals surface area contributed by atoms with E-state index in [1.54, 1.807) is 0 Å². The minimum Gasteiger partial charge on any atom is -0.0654 e. The van der Waals surface area contributed by atoms with Gasteiger partial charge in [-0.25, -0.2) is 0 Å². The van der Waals surface area contributed by atoms with Gasteiger partial charge in [0, 0.05) is 3.21 Å². The molecule has 0 radical (unpaired) electrons. The SMILES string of the molecule is CCCCP(I)I. The molecular formula is C4H9I2P. The molecule has 0 spiro atoms. The lowest BCUT2D eigenvalue weighted by atomic mass is 10.4. The lowest BCUT2D eigenvalue weighted by molar-refractivity contribution is 0.896. The summed E-state index contributed by atoms with van der Waals surface area (Å²) in [4.78, 5) is 0. The van der Waals surface area contributed by atoms with Crippen molar-refractivity contribution in [2.75, 3.05) is 6.16 Å². The third kappa shape index (κ3) is 7.89. The van der Waals surface area contributed by atoms with Crippen LogP contribution in [-0.2, 0) is 0 Å². The average molecular weight is 342 g/mol. The summed E-state index contributed by atoms with van der Waals surface area (Å²) in [5.74, 6) is 0. The minimum absolute atomic E-state index is 0.334. The van der Waals surface area contributed by atoms with Crippen LogP contribution in [0.3, 0.4) is 0 Å². The van der Waals surface area contributed by atoms with Gasteiger partial charge in [-0.1, -0.05) is 13.3 Å². The Labute approximate surface area is 72.5 Å². The van der Waals surface area contributed by atoms with Gasteiger partial charge in [0.05, 0.1) is 0 Å². The highest BCUT2D eigenvalue weighted by atomic mass is 127. The Hall–Kier alpha value is 1.89. The van der Waals surface area contributed by atoms with E-state index in [0.29, 0.717) is 3.21 Å². The quantitative estimate of drug-likeness (QED) is 0.538. The molecule has 0 bridgehead atoms. The summed E-state index contributed by atoms with van der Waals surface area (Å²) >= 11 is 5.03. The molecule has 0 saturated heterocycles. The molecule has 0 aromatic rings. The van der Waals surface area contributed by atoms with Gasteiger partial charge >= 0.3 is 0 Å². The maximum atomic E-state index is 2.52. The second-order valence-electron chi connectivity index (χ2n) is 1.38. The highest BCUT2D eigenvalue weighted by Crippen LogP contribution is 2.53. The summed E-state index contributed by atoms with van der Waals surface area (Å²) < 4.78 is 0.334. The van der Waals surface area contributed by atoms with E-state index in [1.165, 1.54) is 19.0 Å². The normalized spacial score (nSPS) is 10.3. The molecule has 0 heterocycles. The fraction of sp³-hybridized carbons (Fsp3) is 1.00. The Morgan fingerprint density at radius 2 is 2.00 bits per heavy atom. The first-order valence-electron chi connectivity index (χ1n) is 2.36. The summed E-state index contributed by atoms with van der Waals surface area (Å²) in [6, 6.07) is 0. The highest BCUT2D eigenvalue weighted by Gasteiger charge is 1.92. The van der Waals surface area contributed by atoms with Crippen molar-refractivity contribution in [3.8, 4) is 0 Å². The van der Waals surface area contributed by atoms with E-state index < -0.39 is 0 Å². The fourth-order valence-electron chi connectivity index (χ4n) is 0.278. The molecule has 0 atom stereocenters. The topological polar surface area (TPSA) is 0 Å². The third-order valence-corrected chi connectivity index (χ3v) is 4.23. The summed E-state index contributed by atoms with van der Waals surface area (Å²) in [5.41, 5.74) is 0. The number of hydrogen-bond acceptors (Lipinski definition) is 0. The number of halogens is 2. The Kier molecular flexibility index (Phi) is 7.64. The zero-order valence-corrected chi connectivity index (χ0v) is 9.53. The van der Waals surface area contributed by atoms with E-state index in [0.717, 1.165) is 0 Å². The van der Waals surface area contributed by atoms with Gasteiger partial charge < -0.3 is 0 Å². The molecular weight excluding hydrogens is 333 g/mol. The molecule has 0 unspecified atom stereocenters. The van der Waals surface area contributed by atoms with E-state index in [9.17, 15) is 0 Å². The lowest BCUT2D eigenvalue weighted by Gasteiger charge is -1.95. The van der Waals surface area contributed by atoms with Crippen molar-refractivity contribution in [2.24, 2.45) is 0 Å². The van der Waals surface area contributed by atoms with Gasteiger partial charge in [0.25, 0.3) is 0 Å². The molecule has 0 rings (SSSR count). The van der Waals surface area contributed by atoms with Gasteiger partial charge in [-0.2, -0.15) is 0 Å². The average Bonchev–Trinajstić information content (AvgIpc) is 1.61. The molecule has 7 heavy (non-hydrogen) atoms. The van der Waals surface area contributed by atoms with Crippen LogP contribution in [-0.4, -0.2) is 6.16 Å². The van der Waals surface area contributed by atoms with Crippen molar-refractivity contribution >= 4 is 47.3 Å². The van der Waals surface area contributed by atoms with Crippen molar-refractivity contribution < 1.29 is 0 Å². The molecule has 0 aliphatic heterocycles. The van der Waals surface area contributed by atoms with Crippen LogP contribution in [0.15, 0.2) is 0 Å². The van der Waals surface area contributed by atoms with E-state index in [2.05, 4.69) is 51.0 Å². The predicted molar refractivity (Wildman–Crippen MR) is 54.7 cm³/mol. The first kappa shape index (κ1) is 8.89. The second-order valence-corrected chi connectivity index (χ2v) is 15.0. The summed E-state index contributed by atoms with van der Waals surface area (Å²) in [7, 11) is 0. The molecule has 44 valence electrons. The van der Waals surface area contributed by atoms with Crippen LogP contribution < -0.4 is 0 Å². The van der Waals surface area contributed by atoms with Gasteiger partial charge in [-0.15, -0.1) is 0 Å². The first-order chi connectivity index (χ1) is 3.27. The van der Waals surface area contributed by atoms with Crippen LogP contribution in [0.2, 0.25) is 0 Å². The molecule has 0 nitrogen and oxygen atoms in total. The maximum absolute atomic E-state index is 2.52. The standard InChI is InChI=1S/C4H9I2P/c1-2-3-4-7(5)6/h2-4H2,1H3. The highest BCUT2D eigenvalue weighted by molar-refractivity contribution is 14.3. The Bertz CT molecular complexity index is 38.7. The van der Waals surface area contributed by atoms with E-state index in [1.807, 2.05) is 0 Å². The monoisotopic (exact) mass is 342 g/mol. The maximum Gasteiger partial charge on any atom is 0.0247 e. The van der Waals surface area contributed by atoms with Crippen LogP contribution in [0, 0.1) is 0 Å². The minimum atomic E-state index is 0.334. The van der Waals surface area contributed by atoms with Crippen LogP contribution in [0.4, 0.5) is 0 Å². The zero-order valence-electron chi connectivity index (χ0n) is 4.32. The summed E-state index contributed by atoms with van der Waals surface area (Å²) in [5, 5.41) is 0. The van der Waals surface area contributed by atoms with Crippen molar-refractivity contribution in [1.82, 2.24) is 0 Å². The number of hydrogen-bond donors (Lipinski definition) is 0. The lowest BCUT2D eigenvalue weighted by Crippen LogP contribution is -1.70. The molecule has 0 aromatic carbocycles. The van der Waals surface area contributed by atoms with E-state index in [-0.39, 0.29) is 0 Å². The van der Waals surface area contributed by atoms with Gasteiger partial charge in [-0.3, -0.25) is 0 Å². The molecule has 0 fully saturated rings. The van der Waals surface area contributed by atoms with Gasteiger partial charge in [0.1, 0.15) is 0 Å². The number of unbranched alkanes of at least 4 members (excludes halogenated alkanes) is 1. The van der Waals surface area contributed by atoms with E-state index >= 15 is 0 Å². The van der Waals surface area contributed by atoms with Crippen molar-refractivity contribution in [1.29, 1.82) is 0 Å². The zero-order chi connectivity index (χ0) is 5.70. The predicted octanol–water partition coefficient (Wildman–Crippen LogP) is 3.97. The molecule has 0 saturated carbocycles. The van der Waals surface area contributed by atoms with Crippen LogP contribution in [0.25, 0.3) is 0 Å². The van der Waals surface area contributed by atoms with Crippen molar-refractivity contribution in [2.45, 2.75) is 19.8 Å². The smallest absolute Gasteiger partial charge is 0.0247 e. The van der Waals surface area contributed by atoms with E-state index in [4.69, 9.17) is 0 Å². The van der Waals surface area contributed by atoms with Gasteiger partial charge in [0.15, 0.2) is 0 Å². The van der Waals surface area contributed by atoms with Crippen molar-refractivity contribution in [3.63, 3.8) is 0 Å². The first-order valence-corrected chi connectivity index (χ1v) is 9.46. The third-order valence-electron chi connectivity index (χ3n) is 0.681. The summed E-state index contributed by atoms with van der Waals surface area (Å²) in [6.07, 6.45) is 4.20. The second kappa shape index (κ2) is 6.02. The molecule has 0 aliphatic rings. The molecule has 3 heteroatoms. The number of rotatable bonds is 3. The largest absolute Gasteiger partial charge is 0.0654 e. The Morgan fingerprint density at radius 3 is 2.14 bits per heavy atom.